The molecule has 0 spiro atoms. The van der Waals surface area contributed by atoms with Gasteiger partial charge in [-0.2, -0.15) is 0 Å². The first-order valence-electron chi connectivity index (χ1n) is 7.01. The van der Waals surface area contributed by atoms with Crippen molar-refractivity contribution in [3.63, 3.8) is 0 Å². The van der Waals surface area contributed by atoms with Crippen LogP contribution in [0.15, 0.2) is 18.2 Å². The second-order valence-corrected chi connectivity index (χ2v) is 6.49. The van der Waals surface area contributed by atoms with Gasteiger partial charge in [0.2, 0.25) is 0 Å². The van der Waals surface area contributed by atoms with Crippen molar-refractivity contribution in [1.29, 1.82) is 0 Å². The molecule has 1 amide bonds. The largest absolute Gasteiger partial charge is 0.481 e. The van der Waals surface area contributed by atoms with Crippen LogP contribution < -0.4 is 5.32 Å². The first-order chi connectivity index (χ1) is 9.67. The minimum absolute atomic E-state index is 0.0942. The standard InChI is InChI=1S/C16H21NO4/c1-9-7-10(11-8-12(11)14(18)19)5-6-13(9)17-15(20)21-16(2,3)4/h5-7,11-12H,8H2,1-4H3,(H,17,20)(H,18,19)/t11-,12+/m0/s1. The number of hydrogen-bond acceptors (Lipinski definition) is 3. The van der Waals surface area contributed by atoms with E-state index in [-0.39, 0.29) is 11.8 Å². The number of benzene rings is 1. The molecule has 0 saturated heterocycles. The molecule has 0 bridgehead atoms. The van der Waals surface area contributed by atoms with Gasteiger partial charge in [0.05, 0.1) is 5.92 Å². The van der Waals surface area contributed by atoms with Crippen LogP contribution in [0.5, 0.6) is 0 Å². The Hall–Kier alpha value is -2.04. The van der Waals surface area contributed by atoms with E-state index in [0.717, 1.165) is 11.1 Å². The second-order valence-electron chi connectivity index (χ2n) is 6.49. The average Bonchev–Trinajstić information content (AvgIpc) is 3.09. The number of carboxylic acids is 1. The van der Waals surface area contributed by atoms with Gasteiger partial charge in [0.15, 0.2) is 0 Å². The Bertz CT molecular complexity index is 574. The molecule has 0 aromatic heterocycles. The molecule has 2 atom stereocenters. The van der Waals surface area contributed by atoms with E-state index in [4.69, 9.17) is 9.84 Å². The molecule has 2 N–H and O–H groups in total. The number of carbonyl (C=O) groups excluding carboxylic acids is 1. The summed E-state index contributed by atoms with van der Waals surface area (Å²) in [6.07, 6.45) is 0.196. The van der Waals surface area contributed by atoms with Gasteiger partial charge in [-0.05, 0) is 57.2 Å². The van der Waals surface area contributed by atoms with E-state index in [0.29, 0.717) is 12.1 Å². The fourth-order valence-corrected chi connectivity index (χ4v) is 2.31. The summed E-state index contributed by atoms with van der Waals surface area (Å²) < 4.78 is 5.21. The Morgan fingerprint density at radius 1 is 1.33 bits per heavy atom. The van der Waals surface area contributed by atoms with E-state index in [1.54, 1.807) is 6.07 Å². The summed E-state index contributed by atoms with van der Waals surface area (Å²) in [5, 5.41) is 11.7. The van der Waals surface area contributed by atoms with Gasteiger partial charge < -0.3 is 9.84 Å². The number of rotatable bonds is 3. The van der Waals surface area contributed by atoms with Crippen molar-refractivity contribution in [3.8, 4) is 0 Å². The van der Waals surface area contributed by atoms with Crippen LogP contribution in [0.1, 0.15) is 44.2 Å². The van der Waals surface area contributed by atoms with Gasteiger partial charge in [-0.1, -0.05) is 12.1 Å². The highest BCUT2D eigenvalue weighted by atomic mass is 16.6. The normalized spacial score (nSPS) is 20.8. The Morgan fingerprint density at radius 2 is 2.00 bits per heavy atom. The first kappa shape index (κ1) is 15.4. The van der Waals surface area contributed by atoms with Crippen LogP contribution in [-0.4, -0.2) is 22.8 Å². The summed E-state index contributed by atoms with van der Waals surface area (Å²) >= 11 is 0. The van der Waals surface area contributed by atoms with Gasteiger partial charge >= 0.3 is 12.1 Å². The number of amides is 1. The molecule has 1 aromatic carbocycles. The average molecular weight is 291 g/mol. The Labute approximate surface area is 124 Å². The number of nitrogens with one attached hydrogen (secondary N) is 1. The number of carboxylic acid groups (broad SMARTS) is 1. The zero-order valence-corrected chi connectivity index (χ0v) is 12.8. The van der Waals surface area contributed by atoms with Crippen molar-refractivity contribution in [2.24, 2.45) is 5.92 Å². The highest BCUT2D eigenvalue weighted by Crippen LogP contribution is 2.48. The summed E-state index contributed by atoms with van der Waals surface area (Å²) in [7, 11) is 0. The number of anilines is 1. The lowest BCUT2D eigenvalue weighted by atomic mass is 10.0. The molecule has 114 valence electrons. The predicted molar refractivity (Wildman–Crippen MR) is 79.5 cm³/mol. The van der Waals surface area contributed by atoms with Crippen LogP contribution in [0.2, 0.25) is 0 Å². The van der Waals surface area contributed by atoms with Crippen LogP contribution >= 0.6 is 0 Å². The van der Waals surface area contributed by atoms with Crippen LogP contribution in [0, 0.1) is 12.8 Å². The van der Waals surface area contributed by atoms with Gasteiger partial charge in [-0.15, -0.1) is 0 Å². The van der Waals surface area contributed by atoms with E-state index < -0.39 is 17.7 Å². The van der Waals surface area contributed by atoms with Crippen molar-refractivity contribution >= 4 is 17.7 Å². The second kappa shape index (κ2) is 5.39. The van der Waals surface area contributed by atoms with Crippen molar-refractivity contribution < 1.29 is 19.4 Å². The van der Waals surface area contributed by atoms with Gasteiger partial charge in [-0.25, -0.2) is 4.79 Å². The maximum absolute atomic E-state index is 11.7. The Kier molecular flexibility index (Phi) is 3.94. The summed E-state index contributed by atoms with van der Waals surface area (Å²) in [5.41, 5.74) is 2.05. The van der Waals surface area contributed by atoms with Crippen molar-refractivity contribution in [1.82, 2.24) is 0 Å². The minimum Gasteiger partial charge on any atom is -0.481 e. The molecule has 1 aliphatic carbocycles. The fraction of sp³-hybridized carbons (Fsp3) is 0.500. The summed E-state index contributed by atoms with van der Waals surface area (Å²) in [4.78, 5) is 22.6. The smallest absolute Gasteiger partial charge is 0.412 e. The number of ether oxygens (including phenoxy) is 1. The Morgan fingerprint density at radius 3 is 2.48 bits per heavy atom. The molecule has 1 fully saturated rings. The van der Waals surface area contributed by atoms with Gasteiger partial charge in [0.1, 0.15) is 5.60 Å². The molecular formula is C16H21NO4. The van der Waals surface area contributed by atoms with E-state index in [2.05, 4.69) is 5.32 Å². The quantitative estimate of drug-likeness (QED) is 0.893. The van der Waals surface area contributed by atoms with E-state index in [1.807, 2.05) is 39.8 Å². The number of hydrogen-bond donors (Lipinski definition) is 2. The third-order valence-electron chi connectivity index (χ3n) is 3.42. The molecule has 0 aliphatic heterocycles. The summed E-state index contributed by atoms with van der Waals surface area (Å²) in [6.45, 7) is 7.30. The lowest BCUT2D eigenvalue weighted by Crippen LogP contribution is -2.27. The number of carbonyl (C=O) groups is 2. The molecular weight excluding hydrogens is 270 g/mol. The molecule has 5 heteroatoms. The van der Waals surface area contributed by atoms with Crippen LogP contribution in [0.4, 0.5) is 10.5 Å². The maximum Gasteiger partial charge on any atom is 0.412 e. The molecule has 0 heterocycles. The van der Waals surface area contributed by atoms with E-state index >= 15 is 0 Å². The van der Waals surface area contributed by atoms with Crippen molar-refractivity contribution in [2.75, 3.05) is 5.32 Å². The zero-order valence-electron chi connectivity index (χ0n) is 12.8. The monoisotopic (exact) mass is 291 g/mol. The third-order valence-corrected chi connectivity index (χ3v) is 3.42. The zero-order chi connectivity index (χ0) is 15.8. The summed E-state index contributed by atoms with van der Waals surface area (Å²) in [5.74, 6) is -0.917. The molecule has 21 heavy (non-hydrogen) atoms. The lowest BCUT2D eigenvalue weighted by molar-refractivity contribution is -0.138. The first-order valence-corrected chi connectivity index (χ1v) is 7.01. The van der Waals surface area contributed by atoms with Gasteiger partial charge in [-0.3, -0.25) is 10.1 Å². The third kappa shape index (κ3) is 3.97. The van der Waals surface area contributed by atoms with Crippen molar-refractivity contribution in [3.05, 3.63) is 29.3 Å². The lowest BCUT2D eigenvalue weighted by Gasteiger charge is -2.20. The minimum atomic E-state index is -0.742. The van der Waals surface area contributed by atoms with Crippen LogP contribution in [-0.2, 0) is 9.53 Å². The van der Waals surface area contributed by atoms with Crippen LogP contribution in [0.25, 0.3) is 0 Å². The van der Waals surface area contributed by atoms with Crippen molar-refractivity contribution in [2.45, 2.75) is 45.6 Å². The molecule has 0 radical (unpaired) electrons. The topological polar surface area (TPSA) is 75.6 Å². The molecule has 5 nitrogen and oxygen atoms in total. The molecule has 2 rings (SSSR count). The van der Waals surface area contributed by atoms with Crippen LogP contribution in [0.3, 0.4) is 0 Å². The van der Waals surface area contributed by atoms with Gasteiger partial charge in [0.25, 0.3) is 0 Å². The summed E-state index contributed by atoms with van der Waals surface area (Å²) in [6, 6.07) is 5.60. The Balaban J connectivity index is 2.03. The highest BCUT2D eigenvalue weighted by Gasteiger charge is 2.44. The molecule has 0 unspecified atom stereocenters. The van der Waals surface area contributed by atoms with Gasteiger partial charge in [0, 0.05) is 5.69 Å². The fourth-order valence-electron chi connectivity index (χ4n) is 2.31. The van der Waals surface area contributed by atoms with E-state index in [9.17, 15) is 9.59 Å². The number of aliphatic carboxylic acids is 1. The predicted octanol–water partition coefficient (Wildman–Crippen LogP) is 3.53. The number of aryl methyl sites for hydroxylation is 1. The highest BCUT2D eigenvalue weighted by molar-refractivity contribution is 5.86. The molecule has 1 aromatic rings. The molecule has 1 aliphatic rings. The maximum atomic E-state index is 11.7. The van der Waals surface area contributed by atoms with E-state index in [1.165, 1.54) is 0 Å². The SMILES string of the molecule is Cc1cc([C@@H]2C[C@H]2C(=O)O)ccc1NC(=O)OC(C)(C)C. The molecule has 1 saturated carbocycles.